The number of alkyl halides is 2. The number of hydrogen-bond acceptors (Lipinski definition) is 5. The highest BCUT2D eigenvalue weighted by molar-refractivity contribution is 5.79. The minimum absolute atomic E-state index is 0.00387. The van der Waals surface area contributed by atoms with E-state index in [9.17, 15) is 13.6 Å². The van der Waals surface area contributed by atoms with Crippen LogP contribution in [0, 0.1) is 6.92 Å². The molecule has 0 atom stereocenters. The molecule has 0 unspecified atom stereocenters. The molecule has 4 rings (SSSR count). The van der Waals surface area contributed by atoms with Crippen LogP contribution in [0.15, 0.2) is 29.2 Å². The van der Waals surface area contributed by atoms with E-state index in [4.69, 9.17) is 0 Å². The number of ether oxygens (including phenoxy) is 2. The van der Waals surface area contributed by atoms with E-state index in [2.05, 4.69) is 19.7 Å². The Hall–Kier alpha value is -2.97. The van der Waals surface area contributed by atoms with Gasteiger partial charge in [0.15, 0.2) is 11.5 Å². The molecule has 130 valence electrons. The van der Waals surface area contributed by atoms with Gasteiger partial charge < -0.3 is 9.47 Å². The third-order valence-corrected chi connectivity index (χ3v) is 4.11. The lowest BCUT2D eigenvalue weighted by molar-refractivity contribution is -0.286. The van der Waals surface area contributed by atoms with Crippen molar-refractivity contribution in [1.82, 2.24) is 19.6 Å². The minimum Gasteiger partial charge on any atom is -0.395 e. The standard InChI is InChI=1S/C16H14F2N4O3/c1-9-11-8-19-22(15(23)14(11)21(2)20-9)6-5-10-3-4-12-13(7-10)25-16(17,18)24-12/h3-4,7-8H,5-6H2,1-2H3. The van der Waals surface area contributed by atoms with Crippen molar-refractivity contribution >= 4 is 10.9 Å². The normalized spacial score (nSPS) is 15.0. The van der Waals surface area contributed by atoms with Crippen molar-refractivity contribution in [3.8, 4) is 11.5 Å². The van der Waals surface area contributed by atoms with Gasteiger partial charge >= 0.3 is 6.29 Å². The maximum absolute atomic E-state index is 13.1. The second kappa shape index (κ2) is 5.27. The Morgan fingerprint density at radius 3 is 2.80 bits per heavy atom. The van der Waals surface area contributed by atoms with Crippen LogP contribution in [0.25, 0.3) is 10.9 Å². The highest BCUT2D eigenvalue weighted by Gasteiger charge is 2.43. The highest BCUT2D eigenvalue weighted by atomic mass is 19.3. The smallest absolute Gasteiger partial charge is 0.395 e. The van der Waals surface area contributed by atoms with Crippen LogP contribution in [0.4, 0.5) is 8.78 Å². The third kappa shape index (κ3) is 2.61. The average molecular weight is 348 g/mol. The molecule has 0 amide bonds. The first-order valence-corrected chi connectivity index (χ1v) is 7.62. The van der Waals surface area contributed by atoms with Crippen LogP contribution in [-0.4, -0.2) is 25.9 Å². The largest absolute Gasteiger partial charge is 0.586 e. The molecule has 0 saturated carbocycles. The lowest BCUT2D eigenvalue weighted by Gasteiger charge is -2.06. The molecule has 1 aromatic carbocycles. The molecule has 25 heavy (non-hydrogen) atoms. The lowest BCUT2D eigenvalue weighted by Crippen LogP contribution is -2.26. The molecule has 2 aromatic heterocycles. The van der Waals surface area contributed by atoms with E-state index in [0.29, 0.717) is 23.9 Å². The lowest BCUT2D eigenvalue weighted by atomic mass is 10.1. The maximum Gasteiger partial charge on any atom is 0.586 e. The Kier molecular flexibility index (Phi) is 3.28. The number of aromatic nitrogens is 4. The van der Waals surface area contributed by atoms with Crippen molar-refractivity contribution in [1.29, 1.82) is 0 Å². The van der Waals surface area contributed by atoms with Gasteiger partial charge in [-0.15, -0.1) is 8.78 Å². The van der Waals surface area contributed by atoms with Crippen LogP contribution in [0.2, 0.25) is 0 Å². The fraction of sp³-hybridized carbons (Fsp3) is 0.312. The van der Waals surface area contributed by atoms with Crippen LogP contribution >= 0.6 is 0 Å². The van der Waals surface area contributed by atoms with Crippen LogP contribution in [0.1, 0.15) is 11.3 Å². The SMILES string of the molecule is Cc1nn(C)c2c(=O)n(CCc3ccc4c(c3)OC(F)(F)O4)ncc12. The summed E-state index contributed by atoms with van der Waals surface area (Å²) in [5, 5.41) is 9.11. The fourth-order valence-electron chi connectivity index (χ4n) is 2.93. The van der Waals surface area contributed by atoms with Gasteiger partial charge in [0.25, 0.3) is 5.56 Å². The molecule has 0 bridgehead atoms. The molecular weight excluding hydrogens is 334 g/mol. The predicted octanol–water partition coefficient (Wildman–Crippen LogP) is 2.00. The van der Waals surface area contributed by atoms with Crippen molar-refractivity contribution in [3.05, 3.63) is 46.0 Å². The van der Waals surface area contributed by atoms with Gasteiger partial charge in [-0.2, -0.15) is 10.2 Å². The second-order valence-corrected chi connectivity index (χ2v) is 5.84. The molecule has 3 heterocycles. The first kappa shape index (κ1) is 15.6. The molecule has 9 heteroatoms. The van der Waals surface area contributed by atoms with Gasteiger partial charge in [-0.3, -0.25) is 9.48 Å². The van der Waals surface area contributed by atoms with Crippen molar-refractivity contribution in [3.63, 3.8) is 0 Å². The number of aryl methyl sites for hydroxylation is 4. The number of fused-ring (bicyclic) bond motifs is 2. The summed E-state index contributed by atoms with van der Waals surface area (Å²) in [5.41, 5.74) is 1.71. The van der Waals surface area contributed by atoms with E-state index in [1.165, 1.54) is 21.5 Å². The summed E-state index contributed by atoms with van der Waals surface area (Å²) in [4.78, 5) is 12.6. The average Bonchev–Trinajstić information content (AvgIpc) is 3.01. The first-order chi connectivity index (χ1) is 11.8. The van der Waals surface area contributed by atoms with Crippen LogP contribution < -0.4 is 15.0 Å². The minimum atomic E-state index is -3.64. The van der Waals surface area contributed by atoms with Gasteiger partial charge in [0.1, 0.15) is 5.52 Å². The molecular formula is C16H14F2N4O3. The van der Waals surface area contributed by atoms with Crippen molar-refractivity contribution < 1.29 is 18.3 Å². The Balaban J connectivity index is 1.59. The summed E-state index contributed by atoms with van der Waals surface area (Å²) in [6, 6.07) is 4.56. The maximum atomic E-state index is 13.1. The number of benzene rings is 1. The van der Waals surface area contributed by atoms with Crippen LogP contribution in [0.3, 0.4) is 0 Å². The van der Waals surface area contributed by atoms with E-state index in [1.807, 2.05) is 6.92 Å². The quantitative estimate of drug-likeness (QED) is 0.724. The van der Waals surface area contributed by atoms with Gasteiger partial charge in [-0.25, -0.2) is 4.68 Å². The number of rotatable bonds is 3. The summed E-state index contributed by atoms with van der Waals surface area (Å²) in [7, 11) is 1.71. The van der Waals surface area contributed by atoms with E-state index < -0.39 is 6.29 Å². The van der Waals surface area contributed by atoms with Crippen molar-refractivity contribution in [2.45, 2.75) is 26.2 Å². The van der Waals surface area contributed by atoms with Gasteiger partial charge in [0.2, 0.25) is 0 Å². The molecule has 1 aliphatic rings. The molecule has 1 aliphatic heterocycles. The molecule has 0 spiro atoms. The summed E-state index contributed by atoms with van der Waals surface area (Å²) >= 11 is 0. The first-order valence-electron chi connectivity index (χ1n) is 7.62. The third-order valence-electron chi connectivity index (χ3n) is 4.11. The monoisotopic (exact) mass is 348 g/mol. The molecule has 3 aromatic rings. The summed E-state index contributed by atoms with van der Waals surface area (Å²) in [6.07, 6.45) is -1.60. The fourth-order valence-corrected chi connectivity index (χ4v) is 2.93. The number of hydrogen-bond donors (Lipinski definition) is 0. The zero-order valence-corrected chi connectivity index (χ0v) is 13.5. The second-order valence-electron chi connectivity index (χ2n) is 5.84. The Morgan fingerprint density at radius 1 is 1.24 bits per heavy atom. The summed E-state index contributed by atoms with van der Waals surface area (Å²) in [6.45, 7) is 2.12. The van der Waals surface area contributed by atoms with E-state index in [0.717, 1.165) is 11.3 Å². The van der Waals surface area contributed by atoms with Crippen LogP contribution in [0.5, 0.6) is 11.5 Å². The highest BCUT2D eigenvalue weighted by Crippen LogP contribution is 2.41. The van der Waals surface area contributed by atoms with Gasteiger partial charge in [-0.1, -0.05) is 6.07 Å². The van der Waals surface area contributed by atoms with E-state index in [1.54, 1.807) is 19.3 Å². The van der Waals surface area contributed by atoms with Crippen molar-refractivity contribution in [2.75, 3.05) is 0 Å². The molecule has 0 N–H and O–H groups in total. The summed E-state index contributed by atoms with van der Waals surface area (Å²) in [5.74, 6) is -0.0173. The zero-order valence-electron chi connectivity index (χ0n) is 13.5. The molecule has 0 saturated heterocycles. The number of nitrogens with zero attached hydrogens (tertiary/aromatic N) is 4. The Bertz CT molecular complexity index is 1040. The van der Waals surface area contributed by atoms with Crippen LogP contribution in [-0.2, 0) is 20.0 Å². The molecule has 0 radical (unpaired) electrons. The van der Waals surface area contributed by atoms with Gasteiger partial charge in [0, 0.05) is 19.0 Å². The Labute approximate surface area is 140 Å². The molecule has 0 aliphatic carbocycles. The van der Waals surface area contributed by atoms with E-state index in [-0.39, 0.29) is 17.1 Å². The zero-order chi connectivity index (χ0) is 17.8. The van der Waals surface area contributed by atoms with E-state index >= 15 is 0 Å². The van der Waals surface area contributed by atoms with Crippen molar-refractivity contribution in [2.24, 2.45) is 7.05 Å². The molecule has 0 fully saturated rings. The predicted molar refractivity (Wildman–Crippen MR) is 83.9 cm³/mol. The Morgan fingerprint density at radius 2 is 2.00 bits per heavy atom. The van der Waals surface area contributed by atoms with Gasteiger partial charge in [-0.05, 0) is 31.0 Å². The number of halogens is 2. The molecule has 7 nitrogen and oxygen atoms in total. The topological polar surface area (TPSA) is 71.2 Å². The summed E-state index contributed by atoms with van der Waals surface area (Å²) < 4.78 is 37.8. The van der Waals surface area contributed by atoms with Gasteiger partial charge in [0.05, 0.1) is 11.9 Å².